The predicted molar refractivity (Wildman–Crippen MR) is 155 cm³/mol. The summed E-state index contributed by atoms with van der Waals surface area (Å²) >= 11 is 1.25. The topological polar surface area (TPSA) is 73.8 Å². The summed E-state index contributed by atoms with van der Waals surface area (Å²) in [4.78, 5) is 21.6. The van der Waals surface area contributed by atoms with Gasteiger partial charge in [-0.1, -0.05) is 35.6 Å². The van der Waals surface area contributed by atoms with Crippen LogP contribution in [0.15, 0.2) is 77.7 Å². The summed E-state index contributed by atoms with van der Waals surface area (Å²) in [5.41, 5.74) is 1.13. The second-order valence-corrected chi connectivity index (χ2v) is 11.6. The first-order chi connectivity index (χ1) is 17.7. The van der Waals surface area contributed by atoms with Gasteiger partial charge >= 0.3 is 0 Å². The Labute approximate surface area is 233 Å². The first-order valence-electron chi connectivity index (χ1n) is 11.9. The molecule has 0 spiro atoms. The molecule has 7 nitrogen and oxygen atoms in total. The Morgan fingerprint density at radius 2 is 1.63 bits per heavy atom. The molecule has 0 aliphatic carbocycles. The SMILES string of the molecule is CCN(c1ccccc1)S(=O)(=O)c1ccc(C(=O)N(CCCN(C)C)c2nc3c(F)cccc3s2)cc1.Cl. The van der Waals surface area contributed by atoms with Crippen LogP contribution in [0.1, 0.15) is 23.7 Å². The van der Waals surface area contributed by atoms with Crippen molar-refractivity contribution in [3.05, 3.63) is 84.2 Å². The minimum atomic E-state index is -3.81. The molecule has 0 saturated heterocycles. The molecule has 0 atom stereocenters. The number of para-hydroxylation sites is 2. The second kappa shape index (κ2) is 12.7. The average molecular weight is 577 g/mol. The third kappa shape index (κ3) is 6.32. The van der Waals surface area contributed by atoms with Gasteiger partial charge in [-0.2, -0.15) is 0 Å². The van der Waals surface area contributed by atoms with E-state index in [0.29, 0.717) is 34.0 Å². The maximum atomic E-state index is 14.3. The smallest absolute Gasteiger partial charge is 0.264 e. The summed E-state index contributed by atoms with van der Waals surface area (Å²) in [6.45, 7) is 3.18. The number of amides is 1. The zero-order chi connectivity index (χ0) is 26.6. The van der Waals surface area contributed by atoms with E-state index in [9.17, 15) is 17.6 Å². The minimum absolute atomic E-state index is 0. The van der Waals surface area contributed by atoms with Crippen molar-refractivity contribution in [2.75, 3.05) is 42.9 Å². The van der Waals surface area contributed by atoms with Crippen molar-refractivity contribution in [1.29, 1.82) is 0 Å². The molecule has 1 heterocycles. The van der Waals surface area contributed by atoms with Crippen LogP contribution >= 0.6 is 23.7 Å². The van der Waals surface area contributed by atoms with Crippen LogP contribution in [0.25, 0.3) is 10.2 Å². The molecule has 0 fully saturated rings. The Kier molecular flexibility index (Phi) is 9.83. The number of halogens is 2. The summed E-state index contributed by atoms with van der Waals surface area (Å²) in [7, 11) is 0.0897. The molecule has 38 heavy (non-hydrogen) atoms. The monoisotopic (exact) mass is 576 g/mol. The summed E-state index contributed by atoms with van der Waals surface area (Å²) in [6, 6.07) is 19.5. The minimum Gasteiger partial charge on any atom is -0.309 e. The maximum Gasteiger partial charge on any atom is 0.264 e. The lowest BCUT2D eigenvalue weighted by molar-refractivity contribution is 0.0986. The number of anilines is 2. The molecule has 0 aliphatic rings. The number of hydrogen-bond donors (Lipinski definition) is 0. The van der Waals surface area contributed by atoms with Crippen LogP contribution in [0, 0.1) is 5.82 Å². The third-order valence-electron chi connectivity index (χ3n) is 5.84. The van der Waals surface area contributed by atoms with E-state index < -0.39 is 15.8 Å². The van der Waals surface area contributed by atoms with Gasteiger partial charge in [0.2, 0.25) is 0 Å². The van der Waals surface area contributed by atoms with Gasteiger partial charge in [0, 0.05) is 18.7 Å². The van der Waals surface area contributed by atoms with Crippen molar-refractivity contribution >= 4 is 60.7 Å². The van der Waals surface area contributed by atoms with E-state index in [2.05, 4.69) is 4.98 Å². The van der Waals surface area contributed by atoms with Crippen molar-refractivity contribution in [2.24, 2.45) is 0 Å². The van der Waals surface area contributed by atoms with Crippen LogP contribution in [0.2, 0.25) is 0 Å². The van der Waals surface area contributed by atoms with Crippen LogP contribution < -0.4 is 9.21 Å². The van der Waals surface area contributed by atoms with Gasteiger partial charge in [-0.3, -0.25) is 14.0 Å². The van der Waals surface area contributed by atoms with Crippen molar-refractivity contribution in [2.45, 2.75) is 18.2 Å². The molecule has 4 rings (SSSR count). The number of aromatic nitrogens is 1. The number of hydrogen-bond acceptors (Lipinski definition) is 6. The molecule has 0 aliphatic heterocycles. The van der Waals surface area contributed by atoms with Gasteiger partial charge in [-0.25, -0.2) is 17.8 Å². The van der Waals surface area contributed by atoms with E-state index >= 15 is 0 Å². The zero-order valence-corrected chi connectivity index (χ0v) is 23.8. The molecule has 0 bridgehead atoms. The average Bonchev–Trinajstić information content (AvgIpc) is 3.32. The molecule has 0 radical (unpaired) electrons. The number of thiazole rings is 1. The molecule has 11 heteroatoms. The summed E-state index contributed by atoms with van der Waals surface area (Å²) < 4.78 is 42.9. The molecule has 3 aromatic carbocycles. The molecule has 1 amide bonds. The van der Waals surface area contributed by atoms with Crippen molar-refractivity contribution in [3.8, 4) is 0 Å². The van der Waals surface area contributed by atoms with Crippen LogP contribution in [0.3, 0.4) is 0 Å². The molecular weight excluding hydrogens is 547 g/mol. The van der Waals surface area contributed by atoms with Gasteiger partial charge in [-0.05, 0) is 82.5 Å². The van der Waals surface area contributed by atoms with Crippen molar-refractivity contribution in [1.82, 2.24) is 9.88 Å². The van der Waals surface area contributed by atoms with Crippen LogP contribution in [-0.2, 0) is 10.0 Å². The van der Waals surface area contributed by atoms with Gasteiger partial charge in [0.25, 0.3) is 15.9 Å². The summed E-state index contributed by atoms with van der Waals surface area (Å²) in [5, 5.41) is 0.404. The Balaban J connectivity index is 0.00000400. The van der Waals surface area contributed by atoms with E-state index in [1.54, 1.807) is 48.2 Å². The standard InChI is InChI=1S/C27H29FN4O3S2.ClH/c1-4-32(21-10-6-5-7-11-21)37(34,35)22-16-14-20(15-17-22)26(33)31(19-9-18-30(2)3)27-29-25-23(28)12-8-13-24(25)36-27;/h5-8,10-17H,4,9,18-19H2,1-3H3;1H. The zero-order valence-electron chi connectivity index (χ0n) is 21.4. The predicted octanol–water partition coefficient (Wildman–Crippen LogP) is 5.67. The summed E-state index contributed by atoms with van der Waals surface area (Å²) in [5.74, 6) is -0.758. The van der Waals surface area contributed by atoms with Gasteiger partial charge in [0.05, 0.1) is 15.3 Å². The van der Waals surface area contributed by atoms with Crippen LogP contribution in [0.5, 0.6) is 0 Å². The Hall–Kier alpha value is -3.05. The highest BCUT2D eigenvalue weighted by Gasteiger charge is 2.26. The lowest BCUT2D eigenvalue weighted by Crippen LogP contribution is -2.33. The highest BCUT2D eigenvalue weighted by atomic mass is 35.5. The number of rotatable bonds is 10. The van der Waals surface area contributed by atoms with Gasteiger partial charge in [0.1, 0.15) is 11.3 Å². The molecule has 1 aromatic heterocycles. The maximum absolute atomic E-state index is 14.3. The fourth-order valence-corrected chi connectivity index (χ4v) is 6.46. The lowest BCUT2D eigenvalue weighted by atomic mass is 10.2. The third-order valence-corrected chi connectivity index (χ3v) is 8.80. The second-order valence-electron chi connectivity index (χ2n) is 8.73. The highest BCUT2D eigenvalue weighted by Crippen LogP contribution is 2.31. The quantitative estimate of drug-likeness (QED) is 0.243. The van der Waals surface area contributed by atoms with Crippen molar-refractivity contribution < 1.29 is 17.6 Å². The fourth-order valence-electron chi connectivity index (χ4n) is 3.99. The van der Waals surface area contributed by atoms with E-state index in [-0.39, 0.29) is 35.3 Å². The normalized spacial score (nSPS) is 11.4. The Bertz CT molecular complexity index is 1480. The molecule has 0 N–H and O–H groups in total. The first kappa shape index (κ1) is 29.5. The number of sulfonamides is 1. The number of benzene rings is 3. The number of fused-ring (bicyclic) bond motifs is 1. The number of carbonyl (C=O) groups is 1. The van der Waals surface area contributed by atoms with Gasteiger partial charge < -0.3 is 4.90 Å². The van der Waals surface area contributed by atoms with Crippen LogP contribution in [0.4, 0.5) is 15.2 Å². The number of carbonyl (C=O) groups excluding carboxylic acids is 1. The largest absolute Gasteiger partial charge is 0.309 e. The Morgan fingerprint density at radius 1 is 0.947 bits per heavy atom. The summed E-state index contributed by atoms with van der Waals surface area (Å²) in [6.07, 6.45) is 0.687. The lowest BCUT2D eigenvalue weighted by Gasteiger charge is -2.23. The fraction of sp³-hybridized carbons (Fsp3) is 0.259. The molecule has 0 unspecified atom stereocenters. The molecular formula is C27H30ClFN4O3S2. The van der Waals surface area contributed by atoms with Gasteiger partial charge in [0.15, 0.2) is 5.13 Å². The highest BCUT2D eigenvalue weighted by molar-refractivity contribution is 7.92. The van der Waals surface area contributed by atoms with E-state index in [1.165, 1.54) is 46.0 Å². The van der Waals surface area contributed by atoms with Crippen molar-refractivity contribution in [3.63, 3.8) is 0 Å². The number of nitrogens with zero attached hydrogens (tertiary/aromatic N) is 4. The van der Waals surface area contributed by atoms with Gasteiger partial charge in [-0.15, -0.1) is 12.4 Å². The van der Waals surface area contributed by atoms with Crippen LogP contribution in [-0.4, -0.2) is 57.9 Å². The van der Waals surface area contributed by atoms with E-state index in [0.717, 1.165) is 6.54 Å². The molecule has 4 aromatic rings. The Morgan fingerprint density at radius 3 is 2.24 bits per heavy atom. The molecule has 0 saturated carbocycles. The molecule has 202 valence electrons. The van der Waals surface area contributed by atoms with E-state index in [4.69, 9.17) is 0 Å². The first-order valence-corrected chi connectivity index (χ1v) is 14.2. The van der Waals surface area contributed by atoms with E-state index in [1.807, 2.05) is 25.1 Å².